The van der Waals surface area contributed by atoms with Crippen LogP contribution in [0.25, 0.3) is 0 Å². The largest absolute Gasteiger partial charge is 0.345 e. The zero-order chi connectivity index (χ0) is 20.0. The van der Waals surface area contributed by atoms with Crippen molar-refractivity contribution in [2.45, 2.75) is 57.9 Å². The molecule has 148 valence electrons. The fourth-order valence-corrected chi connectivity index (χ4v) is 4.03. The highest BCUT2D eigenvalue weighted by Gasteiger charge is 2.39. The third-order valence-corrected chi connectivity index (χ3v) is 5.26. The average Bonchev–Trinajstić information content (AvgIpc) is 2.69. The molecule has 2 aromatic rings. The van der Waals surface area contributed by atoms with Crippen molar-refractivity contribution >= 4 is 17.6 Å². The van der Waals surface area contributed by atoms with Gasteiger partial charge in [-0.15, -0.1) is 0 Å². The molecule has 3 rings (SSSR count). The van der Waals surface area contributed by atoms with Crippen molar-refractivity contribution in [3.8, 4) is 0 Å². The molecule has 1 fully saturated rings. The highest BCUT2D eigenvalue weighted by atomic mass is 16.2. The van der Waals surface area contributed by atoms with E-state index in [0.29, 0.717) is 17.9 Å². The summed E-state index contributed by atoms with van der Waals surface area (Å²) in [6, 6.07) is 5.56. The van der Waals surface area contributed by atoms with Gasteiger partial charge in [0.25, 0.3) is 5.91 Å². The number of carbonyl (C=O) groups excluding carboxylic acids is 2. The smallest absolute Gasteiger partial charge is 0.271 e. The van der Waals surface area contributed by atoms with Gasteiger partial charge < -0.3 is 10.6 Å². The van der Waals surface area contributed by atoms with E-state index in [4.69, 9.17) is 0 Å². The Hall–Kier alpha value is -2.83. The molecule has 2 unspecified atom stereocenters. The third-order valence-electron chi connectivity index (χ3n) is 5.26. The van der Waals surface area contributed by atoms with E-state index in [2.05, 4.69) is 32.5 Å². The van der Waals surface area contributed by atoms with Gasteiger partial charge in [0, 0.05) is 29.5 Å². The monoisotopic (exact) mass is 381 g/mol. The molecular formula is C21H27N5O2. The minimum atomic E-state index is -0.399. The topological polar surface area (TPSA) is 96.9 Å². The Bertz CT molecular complexity index is 823. The molecule has 0 saturated heterocycles. The second-order valence-electron chi connectivity index (χ2n) is 7.52. The van der Waals surface area contributed by atoms with Crippen LogP contribution in [0.5, 0.6) is 0 Å². The molecule has 7 heteroatoms. The van der Waals surface area contributed by atoms with Crippen LogP contribution in [0.1, 0.15) is 61.6 Å². The Labute approximate surface area is 165 Å². The maximum absolute atomic E-state index is 12.8. The van der Waals surface area contributed by atoms with Gasteiger partial charge in [-0.1, -0.05) is 25.8 Å². The van der Waals surface area contributed by atoms with E-state index in [0.717, 1.165) is 37.8 Å². The first-order valence-corrected chi connectivity index (χ1v) is 9.84. The summed E-state index contributed by atoms with van der Waals surface area (Å²) >= 11 is 0. The number of hydrogen-bond acceptors (Lipinski definition) is 5. The summed E-state index contributed by atoms with van der Waals surface area (Å²) in [5.41, 5.74) is 0.760. The zero-order valence-electron chi connectivity index (χ0n) is 16.4. The lowest BCUT2D eigenvalue weighted by Crippen LogP contribution is -2.52. The Morgan fingerprint density at radius 3 is 2.86 bits per heavy atom. The van der Waals surface area contributed by atoms with E-state index in [-0.39, 0.29) is 17.7 Å². The van der Waals surface area contributed by atoms with Gasteiger partial charge in [0.15, 0.2) is 0 Å². The van der Waals surface area contributed by atoms with Crippen molar-refractivity contribution in [3.05, 3.63) is 48.2 Å². The van der Waals surface area contributed by atoms with E-state index in [1.807, 2.05) is 19.1 Å². The van der Waals surface area contributed by atoms with Crippen molar-refractivity contribution in [2.75, 3.05) is 5.32 Å². The number of amides is 2. The number of hydrogen-bond donors (Lipinski definition) is 2. The first kappa shape index (κ1) is 19.9. The van der Waals surface area contributed by atoms with Gasteiger partial charge >= 0.3 is 0 Å². The van der Waals surface area contributed by atoms with Crippen LogP contribution < -0.4 is 10.6 Å². The summed E-state index contributed by atoms with van der Waals surface area (Å²) in [5.74, 6) is 0.139. The van der Waals surface area contributed by atoms with E-state index in [1.165, 1.54) is 12.4 Å². The number of aromatic nitrogens is 3. The number of pyridine rings is 1. The third kappa shape index (κ3) is 4.91. The summed E-state index contributed by atoms with van der Waals surface area (Å²) < 4.78 is 0. The molecule has 0 aliphatic heterocycles. The van der Waals surface area contributed by atoms with Crippen molar-refractivity contribution in [1.82, 2.24) is 20.3 Å². The Kier molecular flexibility index (Phi) is 6.34. The first-order chi connectivity index (χ1) is 13.5. The summed E-state index contributed by atoms with van der Waals surface area (Å²) in [5, 5.41) is 6.10. The molecule has 1 aliphatic carbocycles. The van der Waals surface area contributed by atoms with Gasteiger partial charge in [0.1, 0.15) is 11.5 Å². The second kappa shape index (κ2) is 8.91. The molecule has 0 bridgehead atoms. The number of rotatable bonds is 6. The summed E-state index contributed by atoms with van der Waals surface area (Å²) in [4.78, 5) is 37.9. The van der Waals surface area contributed by atoms with Crippen LogP contribution in [0, 0.1) is 12.8 Å². The van der Waals surface area contributed by atoms with Crippen molar-refractivity contribution in [3.63, 3.8) is 0 Å². The van der Waals surface area contributed by atoms with Crippen molar-refractivity contribution in [1.29, 1.82) is 0 Å². The maximum atomic E-state index is 12.8. The molecule has 7 nitrogen and oxygen atoms in total. The molecule has 2 aromatic heterocycles. The van der Waals surface area contributed by atoms with Crippen LogP contribution in [0.15, 0.2) is 36.8 Å². The second-order valence-corrected chi connectivity index (χ2v) is 7.52. The van der Waals surface area contributed by atoms with Gasteiger partial charge in [-0.2, -0.15) is 0 Å². The quantitative estimate of drug-likeness (QED) is 0.800. The maximum Gasteiger partial charge on any atom is 0.271 e. The van der Waals surface area contributed by atoms with Gasteiger partial charge in [0.2, 0.25) is 5.91 Å². The molecule has 2 heterocycles. The highest BCUT2D eigenvalue weighted by Crippen LogP contribution is 2.36. The van der Waals surface area contributed by atoms with Gasteiger partial charge in [-0.3, -0.25) is 14.6 Å². The lowest BCUT2D eigenvalue weighted by molar-refractivity contribution is -0.121. The van der Waals surface area contributed by atoms with Crippen LogP contribution in [0.4, 0.5) is 5.82 Å². The van der Waals surface area contributed by atoms with E-state index in [9.17, 15) is 9.59 Å². The molecule has 2 atom stereocenters. The Morgan fingerprint density at radius 1 is 1.29 bits per heavy atom. The Balaban J connectivity index is 1.71. The van der Waals surface area contributed by atoms with Crippen LogP contribution in [0.3, 0.4) is 0 Å². The minimum Gasteiger partial charge on any atom is -0.345 e. The van der Waals surface area contributed by atoms with Crippen LogP contribution in [-0.2, 0) is 4.79 Å². The van der Waals surface area contributed by atoms with Crippen molar-refractivity contribution in [2.24, 2.45) is 5.92 Å². The number of aryl methyl sites for hydroxylation is 1. The number of nitrogens with one attached hydrogen (secondary N) is 2. The zero-order valence-corrected chi connectivity index (χ0v) is 16.4. The van der Waals surface area contributed by atoms with E-state index < -0.39 is 5.54 Å². The summed E-state index contributed by atoms with van der Waals surface area (Å²) in [7, 11) is 0. The lowest BCUT2D eigenvalue weighted by atomic mass is 9.73. The normalized spacial score (nSPS) is 21.7. The fourth-order valence-electron chi connectivity index (χ4n) is 4.03. The molecule has 28 heavy (non-hydrogen) atoms. The van der Waals surface area contributed by atoms with Crippen LogP contribution in [-0.4, -0.2) is 32.3 Å². The Morgan fingerprint density at radius 2 is 2.14 bits per heavy atom. The van der Waals surface area contributed by atoms with Crippen molar-refractivity contribution < 1.29 is 9.59 Å². The molecule has 0 spiro atoms. The predicted molar refractivity (Wildman–Crippen MR) is 107 cm³/mol. The molecule has 1 saturated carbocycles. The van der Waals surface area contributed by atoms with Gasteiger partial charge in [0.05, 0.1) is 6.20 Å². The lowest BCUT2D eigenvalue weighted by Gasteiger charge is -2.41. The molecule has 2 amide bonds. The fraction of sp³-hybridized carbons (Fsp3) is 0.476. The average molecular weight is 381 g/mol. The number of nitrogens with zero attached hydrogens (tertiary/aromatic N) is 3. The summed E-state index contributed by atoms with van der Waals surface area (Å²) in [6.07, 6.45) is 9.44. The molecule has 2 N–H and O–H groups in total. The van der Waals surface area contributed by atoms with Gasteiger partial charge in [-0.25, -0.2) is 9.97 Å². The van der Waals surface area contributed by atoms with E-state index >= 15 is 0 Å². The number of carbonyl (C=O) groups is 2. The highest BCUT2D eigenvalue weighted by molar-refractivity contribution is 5.93. The predicted octanol–water partition coefficient (Wildman–Crippen LogP) is 3.28. The first-order valence-electron chi connectivity index (χ1n) is 9.84. The molecule has 0 aromatic carbocycles. The molecule has 1 aliphatic rings. The van der Waals surface area contributed by atoms with Crippen LogP contribution in [0.2, 0.25) is 0 Å². The summed E-state index contributed by atoms with van der Waals surface area (Å²) in [6.45, 7) is 3.99. The van der Waals surface area contributed by atoms with E-state index in [1.54, 1.807) is 12.3 Å². The molecule has 0 radical (unpaired) electrons. The number of anilines is 1. The van der Waals surface area contributed by atoms with Crippen LogP contribution >= 0.6 is 0 Å². The SMILES string of the molecule is CCCC1(NC(=O)c2cnccn2)CCCC(C(=O)Nc2cccc(C)n2)C1. The van der Waals surface area contributed by atoms with Gasteiger partial charge in [-0.05, 0) is 44.7 Å². The standard InChI is InChI=1S/C21H27N5O2/c1-3-9-21(26-20(28)17-14-22-11-12-23-17)10-5-7-16(13-21)19(27)25-18-8-4-6-15(2)24-18/h4,6,8,11-12,14,16H,3,5,7,9-10,13H2,1-2H3,(H,26,28)(H,24,25,27). The molecular weight excluding hydrogens is 354 g/mol. The minimum absolute atomic E-state index is 0.0352.